The highest BCUT2D eigenvalue weighted by Crippen LogP contribution is 2.20. The van der Waals surface area contributed by atoms with Crippen LogP contribution < -0.4 is 21.3 Å². The molecule has 1 aliphatic rings. The second-order valence-corrected chi connectivity index (χ2v) is 7.48. The summed E-state index contributed by atoms with van der Waals surface area (Å²) < 4.78 is 32.7. The number of H-pyrrole nitrogens is 2. The third-order valence-corrected chi connectivity index (χ3v) is 5.44. The molecule has 0 amide bonds. The lowest BCUT2D eigenvalue weighted by Gasteiger charge is -2.10. The molecule has 0 atom stereocenters. The first-order chi connectivity index (χ1) is 12.3. The molecule has 1 aromatic heterocycles. The number of aromatic amines is 2. The van der Waals surface area contributed by atoms with Crippen molar-refractivity contribution in [2.75, 3.05) is 4.72 Å². The minimum Gasteiger partial charge on any atom is -0.423 e. The molecule has 0 fully saturated rings. The number of rotatable bonds is 3. The Bertz CT molecular complexity index is 1250. The second-order valence-electron chi connectivity index (χ2n) is 5.80. The molecule has 0 saturated carbocycles. The number of nitrogens with one attached hydrogen (secondary N) is 3. The zero-order chi connectivity index (χ0) is 18.5. The number of fused-ring (bicyclic) bond motifs is 2. The number of hydrogen-bond acceptors (Lipinski definition) is 6. The Morgan fingerprint density at radius 3 is 2.54 bits per heavy atom. The fraction of sp³-hybridized carbons (Fsp3) is 0.0667. The van der Waals surface area contributed by atoms with E-state index in [1.807, 2.05) is 0 Å². The molecule has 0 radical (unpaired) electrons. The first-order valence-corrected chi connectivity index (χ1v) is 9.03. The molecule has 11 heteroatoms. The summed E-state index contributed by atoms with van der Waals surface area (Å²) in [4.78, 5) is 27.3. The molecule has 4 rings (SSSR count). The minimum atomic E-state index is -3.95. The molecule has 132 valence electrons. The van der Waals surface area contributed by atoms with E-state index in [4.69, 9.17) is 4.65 Å². The standard InChI is InChI=1S/C15H12BN3O6S/c20-14-15(21)18-13-6-10(3-4-12(13)17-14)26(23,24)19-9-2-1-8-7-25-16(22)11(8)5-9/h1-6,19,22H,7H2,(H,17,20)(H,18,21). The quantitative estimate of drug-likeness (QED) is 0.351. The predicted molar refractivity (Wildman–Crippen MR) is 94.8 cm³/mol. The lowest BCUT2D eigenvalue weighted by molar-refractivity contribution is 0.275. The molecule has 0 bridgehead atoms. The van der Waals surface area contributed by atoms with Crippen molar-refractivity contribution >= 4 is 39.3 Å². The molecule has 26 heavy (non-hydrogen) atoms. The molecule has 9 nitrogen and oxygen atoms in total. The van der Waals surface area contributed by atoms with Crippen molar-refractivity contribution in [2.45, 2.75) is 11.5 Å². The van der Waals surface area contributed by atoms with Crippen molar-refractivity contribution < 1.29 is 18.1 Å². The smallest absolute Gasteiger partial charge is 0.423 e. The maximum Gasteiger partial charge on any atom is 0.491 e. The summed E-state index contributed by atoms with van der Waals surface area (Å²) in [5.41, 5.74) is 0.376. The number of benzene rings is 2. The summed E-state index contributed by atoms with van der Waals surface area (Å²) >= 11 is 0. The van der Waals surface area contributed by atoms with Crippen molar-refractivity contribution in [3.63, 3.8) is 0 Å². The average Bonchev–Trinajstić information content (AvgIpc) is 2.96. The van der Waals surface area contributed by atoms with E-state index in [0.717, 1.165) is 5.56 Å². The van der Waals surface area contributed by atoms with Gasteiger partial charge in [-0.05, 0) is 41.4 Å². The molecule has 3 aromatic rings. The van der Waals surface area contributed by atoms with Crippen LogP contribution in [0.15, 0.2) is 50.9 Å². The maximum atomic E-state index is 12.6. The van der Waals surface area contributed by atoms with Gasteiger partial charge < -0.3 is 19.6 Å². The Kier molecular flexibility index (Phi) is 3.72. The summed E-state index contributed by atoms with van der Waals surface area (Å²) in [5, 5.41) is 9.73. The highest BCUT2D eigenvalue weighted by Gasteiger charge is 2.28. The van der Waals surface area contributed by atoms with E-state index < -0.39 is 28.3 Å². The number of sulfonamides is 1. The Labute approximate surface area is 146 Å². The van der Waals surface area contributed by atoms with E-state index in [0.29, 0.717) is 11.0 Å². The summed E-state index contributed by atoms with van der Waals surface area (Å²) in [7, 11) is -5.04. The van der Waals surface area contributed by atoms with Crippen LogP contribution in [0.4, 0.5) is 5.69 Å². The second kappa shape index (κ2) is 5.83. The molecule has 1 aliphatic heterocycles. The maximum absolute atomic E-state index is 12.6. The van der Waals surface area contributed by atoms with Crippen LogP contribution >= 0.6 is 0 Å². The van der Waals surface area contributed by atoms with Crippen molar-refractivity contribution in [3.8, 4) is 0 Å². The normalized spacial score (nSPS) is 13.8. The van der Waals surface area contributed by atoms with E-state index >= 15 is 0 Å². The molecular weight excluding hydrogens is 361 g/mol. The van der Waals surface area contributed by atoms with E-state index in [1.54, 1.807) is 12.1 Å². The van der Waals surface area contributed by atoms with E-state index in [9.17, 15) is 23.0 Å². The van der Waals surface area contributed by atoms with Crippen LogP contribution in [0.2, 0.25) is 0 Å². The van der Waals surface area contributed by atoms with Gasteiger partial charge in [0.15, 0.2) is 0 Å². The van der Waals surface area contributed by atoms with Crippen LogP contribution in [0.25, 0.3) is 11.0 Å². The van der Waals surface area contributed by atoms with Crippen LogP contribution in [0.5, 0.6) is 0 Å². The van der Waals surface area contributed by atoms with Gasteiger partial charge in [-0.1, -0.05) is 6.07 Å². The third kappa shape index (κ3) is 2.81. The summed E-state index contributed by atoms with van der Waals surface area (Å²) in [5.74, 6) is 0. The minimum absolute atomic E-state index is 0.0926. The Hall–Kier alpha value is -2.89. The van der Waals surface area contributed by atoms with Gasteiger partial charge in [0, 0.05) is 5.69 Å². The van der Waals surface area contributed by atoms with E-state index in [-0.39, 0.29) is 22.7 Å². The lowest BCUT2D eigenvalue weighted by Crippen LogP contribution is -2.29. The molecule has 0 spiro atoms. The first kappa shape index (κ1) is 16.6. The monoisotopic (exact) mass is 373 g/mol. The van der Waals surface area contributed by atoms with Crippen LogP contribution in [-0.4, -0.2) is 30.5 Å². The summed E-state index contributed by atoms with van der Waals surface area (Å²) in [6.07, 6.45) is 0. The van der Waals surface area contributed by atoms with Gasteiger partial charge in [0.05, 0.1) is 22.5 Å². The molecule has 2 aromatic carbocycles. The van der Waals surface area contributed by atoms with Crippen molar-refractivity contribution in [3.05, 3.63) is 62.7 Å². The van der Waals surface area contributed by atoms with Gasteiger partial charge in [-0.25, -0.2) is 8.42 Å². The number of aromatic nitrogens is 2. The lowest BCUT2D eigenvalue weighted by atomic mass is 9.79. The SMILES string of the molecule is O=c1[nH]c2ccc(S(=O)(=O)Nc3ccc4c(c3)B(O)OC4)cc2[nH]c1=O. The molecule has 0 saturated heterocycles. The van der Waals surface area contributed by atoms with Crippen LogP contribution in [0.3, 0.4) is 0 Å². The van der Waals surface area contributed by atoms with Crippen LogP contribution in [0.1, 0.15) is 5.56 Å². The molecule has 2 heterocycles. The predicted octanol–water partition coefficient (Wildman–Crippen LogP) is -0.765. The highest BCUT2D eigenvalue weighted by atomic mass is 32.2. The number of hydrogen-bond donors (Lipinski definition) is 4. The summed E-state index contributed by atoms with van der Waals surface area (Å²) in [6.45, 7) is 0.264. The Balaban J connectivity index is 1.72. The molecule has 0 aliphatic carbocycles. The third-order valence-electron chi connectivity index (χ3n) is 4.06. The first-order valence-electron chi connectivity index (χ1n) is 7.55. The average molecular weight is 373 g/mol. The fourth-order valence-electron chi connectivity index (χ4n) is 2.75. The topological polar surface area (TPSA) is 141 Å². The van der Waals surface area contributed by atoms with Crippen LogP contribution in [-0.2, 0) is 21.3 Å². The Morgan fingerprint density at radius 2 is 1.77 bits per heavy atom. The van der Waals surface area contributed by atoms with E-state index in [2.05, 4.69) is 14.7 Å². The molecule has 0 unspecified atom stereocenters. The molecule has 4 N–H and O–H groups in total. The largest absolute Gasteiger partial charge is 0.491 e. The zero-order valence-corrected chi connectivity index (χ0v) is 14.0. The summed E-state index contributed by atoms with van der Waals surface area (Å²) in [6, 6.07) is 8.70. The van der Waals surface area contributed by atoms with Gasteiger partial charge in [0.25, 0.3) is 10.0 Å². The van der Waals surface area contributed by atoms with Gasteiger partial charge in [-0.3, -0.25) is 14.3 Å². The van der Waals surface area contributed by atoms with Gasteiger partial charge >= 0.3 is 18.2 Å². The zero-order valence-electron chi connectivity index (χ0n) is 13.1. The van der Waals surface area contributed by atoms with Crippen LogP contribution in [0, 0.1) is 0 Å². The van der Waals surface area contributed by atoms with E-state index in [1.165, 1.54) is 24.3 Å². The Morgan fingerprint density at radius 1 is 1.04 bits per heavy atom. The van der Waals surface area contributed by atoms with Gasteiger partial charge in [0.2, 0.25) is 0 Å². The van der Waals surface area contributed by atoms with Gasteiger partial charge in [0.1, 0.15) is 0 Å². The van der Waals surface area contributed by atoms with Crippen molar-refractivity contribution in [1.29, 1.82) is 0 Å². The van der Waals surface area contributed by atoms with Gasteiger partial charge in [-0.15, -0.1) is 0 Å². The highest BCUT2D eigenvalue weighted by molar-refractivity contribution is 7.92. The number of anilines is 1. The van der Waals surface area contributed by atoms with Crippen molar-refractivity contribution in [1.82, 2.24) is 9.97 Å². The molecular formula is C15H12BN3O6S. The fourth-order valence-corrected chi connectivity index (χ4v) is 3.83. The van der Waals surface area contributed by atoms with Crippen molar-refractivity contribution in [2.24, 2.45) is 0 Å². The van der Waals surface area contributed by atoms with Gasteiger partial charge in [-0.2, -0.15) is 0 Å².